The van der Waals surface area contributed by atoms with Crippen molar-refractivity contribution in [3.05, 3.63) is 72.7 Å². The minimum atomic E-state index is -0.677. The molecule has 26 heavy (non-hydrogen) atoms. The Morgan fingerprint density at radius 2 is 1.69 bits per heavy atom. The van der Waals surface area contributed by atoms with Crippen LogP contribution in [0.3, 0.4) is 0 Å². The molecule has 0 radical (unpaired) electrons. The smallest absolute Gasteiger partial charge is 0.267 e. The highest BCUT2D eigenvalue weighted by atomic mass is 35.5. The molecule has 1 saturated heterocycles. The van der Waals surface area contributed by atoms with Gasteiger partial charge < -0.3 is 0 Å². The molecule has 0 atom stereocenters. The van der Waals surface area contributed by atoms with Crippen LogP contribution in [-0.4, -0.2) is 16.7 Å². The number of nitro groups is 1. The summed E-state index contributed by atoms with van der Waals surface area (Å²) in [6, 6.07) is 8.14. The van der Waals surface area contributed by atoms with E-state index in [1.807, 2.05) is 0 Å². The summed E-state index contributed by atoms with van der Waals surface area (Å²) in [7, 11) is 0. The molecular weight excluding hydrogens is 405 g/mol. The van der Waals surface area contributed by atoms with Crippen molar-refractivity contribution in [1.82, 2.24) is 5.43 Å². The number of nitrogens with zero attached hydrogens (tertiary/aromatic N) is 2. The fraction of sp³-hybridized carbons (Fsp3) is 0. The van der Waals surface area contributed by atoms with Crippen LogP contribution in [-0.2, 0) is 9.59 Å². The van der Waals surface area contributed by atoms with Crippen molar-refractivity contribution in [2.24, 2.45) is 0 Å². The van der Waals surface area contributed by atoms with Gasteiger partial charge in [-0.3, -0.25) is 25.1 Å². The molecule has 0 bridgehead atoms. The van der Waals surface area contributed by atoms with Crippen molar-refractivity contribution >= 4 is 64.1 Å². The van der Waals surface area contributed by atoms with Crippen molar-refractivity contribution < 1.29 is 14.5 Å². The van der Waals surface area contributed by atoms with Crippen LogP contribution in [0.25, 0.3) is 6.08 Å². The molecule has 0 spiro atoms. The number of carbonyl (C=O) groups excluding carboxylic acids is 2. The predicted molar refractivity (Wildman–Crippen MR) is 98.2 cm³/mol. The Morgan fingerprint density at radius 1 is 1.00 bits per heavy atom. The Bertz CT molecular complexity index is 991. The van der Waals surface area contributed by atoms with Gasteiger partial charge in [0.15, 0.2) is 0 Å². The number of carbonyl (C=O) groups is 2. The van der Waals surface area contributed by atoms with Gasteiger partial charge in [0, 0.05) is 22.7 Å². The lowest BCUT2D eigenvalue weighted by Gasteiger charge is -2.15. The molecule has 2 aromatic carbocycles. The van der Waals surface area contributed by atoms with Crippen LogP contribution >= 0.6 is 34.8 Å². The molecule has 10 heteroatoms. The van der Waals surface area contributed by atoms with Crippen molar-refractivity contribution in [3.8, 4) is 0 Å². The number of nitrogens with one attached hydrogen (secondary N) is 1. The maximum atomic E-state index is 12.6. The van der Waals surface area contributed by atoms with Crippen molar-refractivity contribution in [3.63, 3.8) is 0 Å². The second-order valence-corrected chi connectivity index (χ2v) is 6.42. The zero-order valence-corrected chi connectivity index (χ0v) is 15.0. The Hall–Kier alpha value is -2.61. The summed E-state index contributed by atoms with van der Waals surface area (Å²) in [5.74, 6) is -1.33. The molecule has 7 nitrogen and oxygen atoms in total. The maximum absolute atomic E-state index is 12.6. The highest BCUT2D eigenvalue weighted by Gasteiger charge is 2.35. The van der Waals surface area contributed by atoms with Gasteiger partial charge in [0.25, 0.3) is 17.5 Å². The maximum Gasteiger partial charge on any atom is 0.282 e. The second-order valence-electron chi connectivity index (χ2n) is 5.20. The van der Waals surface area contributed by atoms with Crippen LogP contribution < -0.4 is 10.4 Å². The monoisotopic (exact) mass is 411 g/mol. The van der Waals surface area contributed by atoms with Crippen LogP contribution in [0.15, 0.2) is 42.0 Å². The van der Waals surface area contributed by atoms with Gasteiger partial charge in [-0.1, -0.05) is 34.8 Å². The average molecular weight is 413 g/mol. The SMILES string of the molecule is O=C1NN(c2ccc(Cl)c(Cl)c2)C(=O)C1=Cc1cc([N+](=O)[O-])ccc1Cl. The van der Waals surface area contributed by atoms with E-state index in [-0.39, 0.29) is 26.9 Å². The molecule has 1 heterocycles. The number of anilines is 1. The molecule has 2 amide bonds. The number of non-ortho nitro benzene ring substituents is 1. The summed E-state index contributed by atoms with van der Waals surface area (Å²) < 4.78 is 0. The Labute approximate surface area is 161 Å². The first kappa shape index (κ1) is 18.2. The number of halogens is 3. The number of hydrogen-bond acceptors (Lipinski definition) is 4. The Kier molecular flexibility index (Phi) is 4.86. The first-order chi connectivity index (χ1) is 12.3. The molecule has 0 aromatic heterocycles. The van der Waals surface area contributed by atoms with Gasteiger partial charge in [-0.2, -0.15) is 0 Å². The summed E-state index contributed by atoms with van der Waals surface area (Å²) in [6.45, 7) is 0. The third kappa shape index (κ3) is 3.37. The van der Waals surface area contributed by atoms with Gasteiger partial charge in [0.2, 0.25) is 0 Å². The molecule has 1 aliphatic rings. The summed E-state index contributed by atoms with van der Waals surface area (Å²) in [6.07, 6.45) is 1.20. The van der Waals surface area contributed by atoms with E-state index in [0.29, 0.717) is 10.7 Å². The molecular formula is C16H8Cl3N3O4. The van der Waals surface area contributed by atoms with Crippen molar-refractivity contribution in [2.45, 2.75) is 0 Å². The van der Waals surface area contributed by atoms with Crippen LogP contribution in [0.5, 0.6) is 0 Å². The topological polar surface area (TPSA) is 92.6 Å². The number of benzene rings is 2. The average Bonchev–Trinajstić information content (AvgIpc) is 2.87. The lowest BCUT2D eigenvalue weighted by molar-refractivity contribution is -0.384. The van der Waals surface area contributed by atoms with Gasteiger partial charge in [0.05, 0.1) is 20.7 Å². The van der Waals surface area contributed by atoms with Crippen molar-refractivity contribution in [2.75, 3.05) is 5.01 Å². The first-order valence-corrected chi connectivity index (χ1v) is 8.17. The van der Waals surface area contributed by atoms with Crippen LogP contribution in [0, 0.1) is 10.1 Å². The summed E-state index contributed by atoms with van der Waals surface area (Å²) >= 11 is 17.8. The molecule has 0 unspecified atom stereocenters. The number of rotatable bonds is 3. The molecule has 2 aromatic rings. The number of hydrogen-bond donors (Lipinski definition) is 1. The van der Waals surface area contributed by atoms with E-state index in [4.69, 9.17) is 34.8 Å². The second kappa shape index (κ2) is 6.95. The van der Waals surface area contributed by atoms with E-state index < -0.39 is 16.7 Å². The third-order valence-electron chi connectivity index (χ3n) is 3.54. The zero-order chi connectivity index (χ0) is 19.0. The number of hydrazine groups is 1. The van der Waals surface area contributed by atoms with E-state index in [9.17, 15) is 19.7 Å². The summed E-state index contributed by atoms with van der Waals surface area (Å²) in [5.41, 5.74) is 2.44. The number of nitro benzene ring substituents is 1. The lowest BCUT2D eigenvalue weighted by atomic mass is 10.1. The van der Waals surface area contributed by atoms with E-state index >= 15 is 0 Å². The molecule has 0 aliphatic carbocycles. The van der Waals surface area contributed by atoms with E-state index in [1.54, 1.807) is 0 Å². The zero-order valence-electron chi connectivity index (χ0n) is 12.7. The minimum absolute atomic E-state index is 0.164. The Balaban J connectivity index is 1.99. The molecule has 1 aliphatic heterocycles. The van der Waals surface area contributed by atoms with E-state index in [2.05, 4.69) is 5.43 Å². The molecule has 132 valence electrons. The standard InChI is InChI=1S/C16H8Cl3N3O4/c17-12-3-2-10(22(25)26)5-8(12)6-11-15(23)20-21(16(11)24)9-1-4-13(18)14(19)7-9/h1-7H,(H,20,23). The highest BCUT2D eigenvalue weighted by molar-refractivity contribution is 6.42. The fourth-order valence-electron chi connectivity index (χ4n) is 2.27. The minimum Gasteiger partial charge on any atom is -0.267 e. The largest absolute Gasteiger partial charge is 0.282 e. The normalized spacial score (nSPS) is 15.5. The molecule has 3 rings (SSSR count). The summed E-state index contributed by atoms with van der Waals surface area (Å²) in [5, 5.41) is 12.6. The van der Waals surface area contributed by atoms with Gasteiger partial charge in [-0.05, 0) is 30.3 Å². The van der Waals surface area contributed by atoms with Gasteiger partial charge >= 0.3 is 0 Å². The number of amides is 2. The fourth-order valence-corrected chi connectivity index (χ4v) is 2.74. The van der Waals surface area contributed by atoms with Crippen LogP contribution in [0.4, 0.5) is 11.4 Å². The quantitative estimate of drug-likeness (QED) is 0.357. The van der Waals surface area contributed by atoms with Gasteiger partial charge in [0.1, 0.15) is 5.57 Å². The molecule has 1 fully saturated rings. The van der Waals surface area contributed by atoms with E-state index in [1.165, 1.54) is 42.5 Å². The van der Waals surface area contributed by atoms with Gasteiger partial charge in [-0.25, -0.2) is 5.01 Å². The molecule has 0 saturated carbocycles. The highest BCUT2D eigenvalue weighted by Crippen LogP contribution is 2.30. The Morgan fingerprint density at radius 3 is 2.35 bits per heavy atom. The van der Waals surface area contributed by atoms with E-state index in [0.717, 1.165) is 5.01 Å². The summed E-state index contributed by atoms with van der Waals surface area (Å²) in [4.78, 5) is 35.0. The third-order valence-corrected chi connectivity index (χ3v) is 4.63. The predicted octanol–water partition coefficient (Wildman–Crippen LogP) is 4.02. The van der Waals surface area contributed by atoms with Crippen molar-refractivity contribution in [1.29, 1.82) is 0 Å². The first-order valence-electron chi connectivity index (χ1n) is 7.04. The lowest BCUT2D eigenvalue weighted by Crippen LogP contribution is -2.35. The van der Waals surface area contributed by atoms with Gasteiger partial charge in [-0.15, -0.1) is 0 Å². The van der Waals surface area contributed by atoms with Crippen LogP contribution in [0.1, 0.15) is 5.56 Å². The van der Waals surface area contributed by atoms with Crippen LogP contribution in [0.2, 0.25) is 15.1 Å². The molecule has 1 N–H and O–H groups in total.